The van der Waals surface area contributed by atoms with E-state index in [1.165, 1.54) is 6.20 Å². The van der Waals surface area contributed by atoms with E-state index in [0.29, 0.717) is 5.56 Å². The summed E-state index contributed by atoms with van der Waals surface area (Å²) in [5.74, 6) is 1.03. The molecule has 1 aromatic heterocycles. The van der Waals surface area contributed by atoms with Crippen molar-refractivity contribution in [1.29, 1.82) is 0 Å². The molecule has 0 aromatic carbocycles. The van der Waals surface area contributed by atoms with Crippen LogP contribution in [-0.4, -0.2) is 34.7 Å². The highest BCUT2D eigenvalue weighted by atomic mass is 16.6. The minimum Gasteiger partial charge on any atom is -0.396 e. The highest BCUT2D eigenvalue weighted by Gasteiger charge is 2.21. The lowest BCUT2D eigenvalue weighted by Crippen LogP contribution is -2.37. The van der Waals surface area contributed by atoms with Gasteiger partial charge in [-0.25, -0.2) is 4.98 Å². The third-order valence-corrected chi connectivity index (χ3v) is 3.37. The Morgan fingerprint density at radius 2 is 2.44 bits per heavy atom. The summed E-state index contributed by atoms with van der Waals surface area (Å²) >= 11 is 0. The van der Waals surface area contributed by atoms with Gasteiger partial charge in [0.25, 0.3) is 5.69 Å². The SMILES string of the molecule is Cc1cc(N2CCCC(CO)C2)ncc1[N+](=O)[O-]. The predicted molar refractivity (Wildman–Crippen MR) is 67.7 cm³/mol. The molecule has 1 saturated heterocycles. The molecule has 1 fully saturated rings. The summed E-state index contributed by atoms with van der Waals surface area (Å²) in [5, 5.41) is 19.9. The lowest BCUT2D eigenvalue weighted by Gasteiger charge is -2.32. The number of nitrogens with zero attached hydrogens (tertiary/aromatic N) is 3. The minimum atomic E-state index is -0.418. The zero-order valence-electron chi connectivity index (χ0n) is 10.4. The fraction of sp³-hybridized carbons (Fsp3) is 0.583. The third kappa shape index (κ3) is 2.59. The van der Waals surface area contributed by atoms with Crippen molar-refractivity contribution in [3.05, 3.63) is 27.9 Å². The number of aryl methyl sites for hydroxylation is 1. The van der Waals surface area contributed by atoms with Gasteiger partial charge in [0.15, 0.2) is 0 Å². The normalized spacial score (nSPS) is 19.9. The van der Waals surface area contributed by atoms with Gasteiger partial charge >= 0.3 is 0 Å². The first-order chi connectivity index (χ1) is 8.61. The maximum Gasteiger partial charge on any atom is 0.290 e. The topological polar surface area (TPSA) is 79.5 Å². The van der Waals surface area contributed by atoms with Crippen LogP contribution < -0.4 is 4.90 Å². The molecule has 0 spiro atoms. The highest BCUT2D eigenvalue weighted by Crippen LogP contribution is 2.25. The zero-order valence-corrected chi connectivity index (χ0v) is 10.4. The van der Waals surface area contributed by atoms with Crippen LogP contribution in [0.2, 0.25) is 0 Å². The molecular weight excluding hydrogens is 234 g/mol. The van der Waals surface area contributed by atoms with Gasteiger partial charge in [0.05, 0.1) is 4.92 Å². The molecule has 6 heteroatoms. The van der Waals surface area contributed by atoms with Gasteiger partial charge in [0.2, 0.25) is 0 Å². The molecule has 1 aromatic rings. The molecule has 0 saturated carbocycles. The molecular formula is C12H17N3O3. The van der Waals surface area contributed by atoms with Crippen LogP contribution in [0.4, 0.5) is 11.5 Å². The molecule has 1 aliphatic heterocycles. The van der Waals surface area contributed by atoms with Crippen molar-refractivity contribution in [2.75, 3.05) is 24.6 Å². The number of aliphatic hydroxyl groups is 1. The van der Waals surface area contributed by atoms with Gasteiger partial charge in [-0.05, 0) is 31.7 Å². The van der Waals surface area contributed by atoms with Crippen LogP contribution in [0.25, 0.3) is 0 Å². The summed E-state index contributed by atoms with van der Waals surface area (Å²) in [7, 11) is 0. The summed E-state index contributed by atoms with van der Waals surface area (Å²) in [4.78, 5) is 16.5. The monoisotopic (exact) mass is 251 g/mol. The van der Waals surface area contributed by atoms with E-state index in [1.54, 1.807) is 13.0 Å². The smallest absolute Gasteiger partial charge is 0.290 e. The van der Waals surface area contributed by atoms with E-state index < -0.39 is 4.92 Å². The Morgan fingerprint density at radius 1 is 1.67 bits per heavy atom. The van der Waals surface area contributed by atoms with E-state index in [4.69, 9.17) is 0 Å². The van der Waals surface area contributed by atoms with Crippen LogP contribution in [-0.2, 0) is 0 Å². The van der Waals surface area contributed by atoms with Crippen molar-refractivity contribution in [2.45, 2.75) is 19.8 Å². The van der Waals surface area contributed by atoms with Crippen LogP contribution >= 0.6 is 0 Å². The fourth-order valence-corrected chi connectivity index (χ4v) is 2.32. The van der Waals surface area contributed by atoms with Crippen molar-refractivity contribution in [1.82, 2.24) is 4.98 Å². The maximum absolute atomic E-state index is 10.7. The first-order valence-electron chi connectivity index (χ1n) is 6.08. The Bertz CT molecular complexity index is 450. The molecule has 98 valence electrons. The summed E-state index contributed by atoms with van der Waals surface area (Å²) in [6.45, 7) is 3.56. The predicted octanol–water partition coefficient (Wildman–Crippen LogP) is 1.51. The van der Waals surface area contributed by atoms with E-state index in [1.807, 2.05) is 0 Å². The van der Waals surface area contributed by atoms with Gasteiger partial charge in [-0.3, -0.25) is 10.1 Å². The largest absolute Gasteiger partial charge is 0.396 e. The number of pyridine rings is 1. The van der Waals surface area contributed by atoms with Crippen LogP contribution in [0.5, 0.6) is 0 Å². The highest BCUT2D eigenvalue weighted by molar-refractivity contribution is 5.48. The molecule has 0 bridgehead atoms. The zero-order chi connectivity index (χ0) is 13.1. The first kappa shape index (κ1) is 12.8. The second-order valence-electron chi connectivity index (χ2n) is 4.72. The van der Waals surface area contributed by atoms with E-state index in [9.17, 15) is 15.2 Å². The van der Waals surface area contributed by atoms with Gasteiger partial charge in [-0.1, -0.05) is 0 Å². The Balaban J connectivity index is 2.18. The first-order valence-corrected chi connectivity index (χ1v) is 6.08. The molecule has 2 heterocycles. The van der Waals surface area contributed by atoms with Crippen LogP contribution in [0.3, 0.4) is 0 Å². The average molecular weight is 251 g/mol. The number of aromatic nitrogens is 1. The Labute approximate surface area is 105 Å². The van der Waals surface area contributed by atoms with Crippen LogP contribution in [0.1, 0.15) is 18.4 Å². The molecule has 2 rings (SSSR count). The van der Waals surface area contributed by atoms with Crippen molar-refractivity contribution < 1.29 is 10.0 Å². The second-order valence-corrected chi connectivity index (χ2v) is 4.72. The van der Waals surface area contributed by atoms with E-state index in [2.05, 4.69) is 9.88 Å². The van der Waals surface area contributed by atoms with Gasteiger partial charge < -0.3 is 10.0 Å². The van der Waals surface area contributed by atoms with Crippen molar-refractivity contribution >= 4 is 11.5 Å². The lowest BCUT2D eigenvalue weighted by molar-refractivity contribution is -0.385. The standard InChI is InChI=1S/C12H17N3O3/c1-9-5-12(13-6-11(9)15(17)18)14-4-2-3-10(7-14)8-16/h5-6,10,16H,2-4,7-8H2,1H3. The number of rotatable bonds is 3. The Kier molecular flexibility index (Phi) is 3.76. The van der Waals surface area contributed by atoms with Crippen LogP contribution in [0.15, 0.2) is 12.3 Å². The number of hydrogen-bond acceptors (Lipinski definition) is 5. The van der Waals surface area contributed by atoms with Gasteiger partial charge in [-0.2, -0.15) is 0 Å². The van der Waals surface area contributed by atoms with Gasteiger partial charge in [-0.15, -0.1) is 0 Å². The summed E-state index contributed by atoms with van der Waals surface area (Å²) in [5.41, 5.74) is 0.672. The fourth-order valence-electron chi connectivity index (χ4n) is 2.32. The van der Waals surface area contributed by atoms with E-state index in [0.717, 1.165) is 31.7 Å². The average Bonchev–Trinajstić information content (AvgIpc) is 2.38. The van der Waals surface area contributed by atoms with Gasteiger partial charge in [0.1, 0.15) is 12.0 Å². The molecule has 1 unspecified atom stereocenters. The summed E-state index contributed by atoms with van der Waals surface area (Å²) < 4.78 is 0. The Morgan fingerprint density at radius 3 is 3.06 bits per heavy atom. The number of hydrogen-bond donors (Lipinski definition) is 1. The number of nitro groups is 1. The molecule has 0 amide bonds. The number of piperidine rings is 1. The quantitative estimate of drug-likeness (QED) is 0.650. The lowest BCUT2D eigenvalue weighted by atomic mass is 9.99. The molecule has 1 aliphatic rings. The maximum atomic E-state index is 10.7. The minimum absolute atomic E-state index is 0.0504. The molecule has 6 nitrogen and oxygen atoms in total. The molecule has 1 atom stereocenters. The molecule has 1 N–H and O–H groups in total. The molecule has 18 heavy (non-hydrogen) atoms. The molecule has 0 radical (unpaired) electrons. The molecule has 0 aliphatic carbocycles. The van der Waals surface area contributed by atoms with Crippen molar-refractivity contribution in [3.63, 3.8) is 0 Å². The van der Waals surface area contributed by atoms with Crippen molar-refractivity contribution in [2.24, 2.45) is 5.92 Å². The third-order valence-electron chi connectivity index (χ3n) is 3.37. The van der Waals surface area contributed by atoms with E-state index >= 15 is 0 Å². The Hall–Kier alpha value is -1.69. The van der Waals surface area contributed by atoms with Crippen LogP contribution in [0, 0.1) is 23.0 Å². The van der Waals surface area contributed by atoms with Crippen molar-refractivity contribution in [3.8, 4) is 0 Å². The van der Waals surface area contributed by atoms with E-state index in [-0.39, 0.29) is 18.2 Å². The number of aliphatic hydroxyl groups excluding tert-OH is 1. The summed E-state index contributed by atoms with van der Waals surface area (Å²) in [6, 6.07) is 1.75. The number of anilines is 1. The summed E-state index contributed by atoms with van der Waals surface area (Å²) in [6.07, 6.45) is 3.36. The second kappa shape index (κ2) is 5.30. The van der Waals surface area contributed by atoms with Gasteiger partial charge in [0, 0.05) is 25.3 Å².